The van der Waals surface area contributed by atoms with Crippen molar-refractivity contribution >= 4 is 11.4 Å². The maximum atomic E-state index is 12.6. The van der Waals surface area contributed by atoms with Crippen LogP contribution in [-0.2, 0) is 19.3 Å². The second-order valence-electron chi connectivity index (χ2n) is 6.92. The highest BCUT2D eigenvalue weighted by molar-refractivity contribution is 5.74. The van der Waals surface area contributed by atoms with Gasteiger partial charge in [0.2, 0.25) is 5.82 Å². The molecule has 0 aliphatic heterocycles. The quantitative estimate of drug-likeness (QED) is 0.383. The Morgan fingerprint density at radius 1 is 0.970 bits per heavy atom. The molecule has 0 aliphatic rings. The van der Waals surface area contributed by atoms with Crippen LogP contribution in [0.15, 0.2) is 56.7 Å². The van der Waals surface area contributed by atoms with Crippen LogP contribution in [0.3, 0.4) is 0 Å². The van der Waals surface area contributed by atoms with Crippen molar-refractivity contribution in [3.8, 4) is 17.1 Å². The Morgan fingerprint density at radius 2 is 1.64 bits per heavy atom. The number of ether oxygens (including phenoxy) is 1. The Bertz CT molecular complexity index is 1320. The van der Waals surface area contributed by atoms with E-state index in [1.165, 1.54) is 18.3 Å². The van der Waals surface area contributed by atoms with Crippen LogP contribution >= 0.6 is 0 Å². The summed E-state index contributed by atoms with van der Waals surface area (Å²) >= 11 is 0. The lowest BCUT2D eigenvalue weighted by Gasteiger charge is -2.15. The summed E-state index contributed by atoms with van der Waals surface area (Å²) in [4.78, 5) is 31.3. The van der Waals surface area contributed by atoms with Crippen LogP contribution < -0.4 is 26.2 Å². The number of alkyl halides is 3. The standard InChI is InChI=1S/C21H16F3N5O4/c1-32-14-6-2-11(3-7-14)8-26-15-16(18(31)17(15)30)27-10-13-5-4-12(9-25-13)19-28-20(33-29-19)21(22,23)24/h2-7,9,26-27H,8,10H2,1H3. The van der Waals surface area contributed by atoms with Gasteiger partial charge in [0.15, 0.2) is 0 Å². The third kappa shape index (κ3) is 4.68. The number of hydrogen-bond donors (Lipinski definition) is 2. The minimum Gasteiger partial charge on any atom is -0.497 e. The molecule has 9 nitrogen and oxygen atoms in total. The molecule has 0 spiro atoms. The molecule has 0 amide bonds. The molecule has 2 heterocycles. The Kier molecular flexibility index (Phi) is 5.82. The number of nitrogens with one attached hydrogen (secondary N) is 2. The molecule has 0 bridgehead atoms. The zero-order valence-corrected chi connectivity index (χ0v) is 17.1. The van der Waals surface area contributed by atoms with Crippen molar-refractivity contribution in [1.82, 2.24) is 15.1 Å². The minimum absolute atomic E-state index is 0.113. The van der Waals surface area contributed by atoms with Crippen LogP contribution in [0.2, 0.25) is 0 Å². The van der Waals surface area contributed by atoms with E-state index in [0.717, 1.165) is 5.56 Å². The van der Waals surface area contributed by atoms with E-state index in [9.17, 15) is 22.8 Å². The number of pyridine rings is 1. The second kappa shape index (κ2) is 8.73. The van der Waals surface area contributed by atoms with Crippen LogP contribution in [0.5, 0.6) is 5.75 Å². The summed E-state index contributed by atoms with van der Waals surface area (Å²) in [6.07, 6.45) is -3.45. The number of benzene rings is 1. The molecular weight excluding hydrogens is 443 g/mol. The SMILES string of the molecule is COc1ccc(CNc2c(NCc3ccc(-c4noc(C(F)(F)F)n4)cn3)c(=O)c2=O)cc1. The van der Waals surface area contributed by atoms with Gasteiger partial charge in [0, 0.05) is 18.3 Å². The minimum atomic E-state index is -4.73. The molecule has 2 aromatic carbocycles. The monoisotopic (exact) mass is 459 g/mol. The number of hydrogen-bond acceptors (Lipinski definition) is 9. The number of anilines is 2. The van der Waals surface area contributed by atoms with Gasteiger partial charge in [0.1, 0.15) is 17.1 Å². The number of nitrogens with zero attached hydrogens (tertiary/aromatic N) is 3. The molecule has 2 aromatic heterocycles. The van der Waals surface area contributed by atoms with Crippen LogP contribution in [0.1, 0.15) is 17.1 Å². The third-order valence-corrected chi connectivity index (χ3v) is 4.74. The first-order chi connectivity index (χ1) is 15.8. The maximum Gasteiger partial charge on any atom is 0.471 e. The molecule has 0 aliphatic carbocycles. The van der Waals surface area contributed by atoms with Crippen LogP contribution in [0.25, 0.3) is 11.4 Å². The number of methoxy groups -OCH3 is 1. The fourth-order valence-electron chi connectivity index (χ4n) is 2.96. The Hall–Kier alpha value is -4.22. The topological polar surface area (TPSA) is 119 Å². The molecule has 4 aromatic rings. The van der Waals surface area contributed by atoms with Crippen molar-refractivity contribution in [3.63, 3.8) is 0 Å². The van der Waals surface area contributed by atoms with Gasteiger partial charge < -0.3 is 19.9 Å². The van der Waals surface area contributed by atoms with Crippen LogP contribution in [0, 0.1) is 0 Å². The Morgan fingerprint density at radius 3 is 2.18 bits per heavy atom. The van der Waals surface area contributed by atoms with Gasteiger partial charge in [-0.05, 0) is 29.8 Å². The zero-order chi connectivity index (χ0) is 23.6. The molecule has 12 heteroatoms. The Balaban J connectivity index is 1.38. The average Bonchev–Trinajstić information content (AvgIpc) is 3.32. The van der Waals surface area contributed by atoms with Crippen molar-refractivity contribution in [2.24, 2.45) is 0 Å². The first-order valence-corrected chi connectivity index (χ1v) is 9.56. The lowest BCUT2D eigenvalue weighted by molar-refractivity contribution is -0.159. The molecule has 170 valence electrons. The number of rotatable bonds is 8. The molecule has 0 saturated heterocycles. The zero-order valence-electron chi connectivity index (χ0n) is 17.1. The van der Waals surface area contributed by atoms with Crippen LogP contribution in [-0.4, -0.2) is 22.2 Å². The van der Waals surface area contributed by atoms with E-state index in [0.29, 0.717) is 18.0 Å². The predicted molar refractivity (Wildman–Crippen MR) is 112 cm³/mol. The first kappa shape index (κ1) is 22.0. The largest absolute Gasteiger partial charge is 0.497 e. The molecule has 0 atom stereocenters. The number of halogens is 3. The van der Waals surface area contributed by atoms with E-state index in [-0.39, 0.29) is 29.3 Å². The highest BCUT2D eigenvalue weighted by Gasteiger charge is 2.38. The fourth-order valence-corrected chi connectivity index (χ4v) is 2.96. The van der Waals surface area contributed by atoms with Crippen molar-refractivity contribution in [2.45, 2.75) is 19.3 Å². The third-order valence-electron chi connectivity index (χ3n) is 4.74. The van der Waals surface area contributed by atoms with Crippen LogP contribution in [0.4, 0.5) is 24.5 Å². The number of aromatic nitrogens is 3. The molecule has 4 rings (SSSR count). The summed E-state index contributed by atoms with van der Waals surface area (Å²) in [7, 11) is 1.56. The van der Waals surface area contributed by atoms with Gasteiger partial charge in [-0.1, -0.05) is 17.3 Å². The average molecular weight is 459 g/mol. The van der Waals surface area contributed by atoms with Crippen molar-refractivity contribution in [3.05, 3.63) is 80.2 Å². The fraction of sp³-hybridized carbons (Fsp3) is 0.190. The highest BCUT2D eigenvalue weighted by atomic mass is 19.4. The van der Waals surface area contributed by atoms with Crippen molar-refractivity contribution < 1.29 is 22.4 Å². The van der Waals surface area contributed by atoms with Gasteiger partial charge >= 0.3 is 12.1 Å². The van der Waals surface area contributed by atoms with E-state index >= 15 is 0 Å². The van der Waals surface area contributed by atoms with Gasteiger partial charge in [-0.15, -0.1) is 0 Å². The highest BCUT2D eigenvalue weighted by Crippen LogP contribution is 2.29. The maximum absolute atomic E-state index is 12.6. The van der Waals surface area contributed by atoms with E-state index < -0.39 is 22.9 Å². The van der Waals surface area contributed by atoms with E-state index in [1.807, 2.05) is 12.1 Å². The summed E-state index contributed by atoms with van der Waals surface area (Å²) in [5.41, 5.74) is 0.664. The Labute approximate surface area is 183 Å². The second-order valence-corrected chi connectivity index (χ2v) is 6.92. The lowest BCUT2D eigenvalue weighted by Crippen LogP contribution is -2.37. The van der Waals surface area contributed by atoms with E-state index in [1.54, 1.807) is 19.2 Å². The lowest BCUT2D eigenvalue weighted by atomic mass is 10.1. The summed E-state index contributed by atoms with van der Waals surface area (Å²) in [5.74, 6) is -0.992. The summed E-state index contributed by atoms with van der Waals surface area (Å²) in [5, 5.41) is 9.12. The van der Waals surface area contributed by atoms with E-state index in [4.69, 9.17) is 4.74 Å². The van der Waals surface area contributed by atoms with Gasteiger partial charge in [-0.3, -0.25) is 14.6 Å². The smallest absolute Gasteiger partial charge is 0.471 e. The molecule has 2 N–H and O–H groups in total. The normalized spacial score (nSPS) is 11.5. The van der Waals surface area contributed by atoms with Gasteiger partial charge in [0.05, 0.1) is 19.3 Å². The van der Waals surface area contributed by atoms with E-state index in [2.05, 4.69) is 30.3 Å². The first-order valence-electron chi connectivity index (χ1n) is 9.56. The predicted octanol–water partition coefficient (Wildman–Crippen LogP) is 2.98. The molecule has 0 saturated carbocycles. The molecule has 33 heavy (non-hydrogen) atoms. The summed E-state index contributed by atoms with van der Waals surface area (Å²) in [6.45, 7) is 0.448. The molecule has 0 fully saturated rings. The van der Waals surface area contributed by atoms with Gasteiger partial charge in [0.25, 0.3) is 10.9 Å². The van der Waals surface area contributed by atoms with Gasteiger partial charge in [-0.25, -0.2) is 0 Å². The van der Waals surface area contributed by atoms with Gasteiger partial charge in [-0.2, -0.15) is 18.2 Å². The van der Waals surface area contributed by atoms with Crippen molar-refractivity contribution in [2.75, 3.05) is 17.7 Å². The molecular formula is C21H16F3N5O4. The molecule has 0 radical (unpaired) electrons. The summed E-state index contributed by atoms with van der Waals surface area (Å²) < 4.78 is 47.0. The van der Waals surface area contributed by atoms with Crippen molar-refractivity contribution in [1.29, 1.82) is 0 Å². The summed E-state index contributed by atoms with van der Waals surface area (Å²) in [6, 6.07) is 10.2. The molecule has 0 unspecified atom stereocenters.